The van der Waals surface area contributed by atoms with Crippen LogP contribution in [0.5, 0.6) is 0 Å². The van der Waals surface area contributed by atoms with Gasteiger partial charge in [0.25, 0.3) is 5.91 Å². The van der Waals surface area contributed by atoms with Crippen LogP contribution < -0.4 is 5.32 Å². The molecule has 1 rings (SSSR count). The van der Waals surface area contributed by atoms with Crippen LogP contribution in [0.25, 0.3) is 0 Å². The Labute approximate surface area is 144 Å². The van der Waals surface area contributed by atoms with Crippen LogP contribution in [0.2, 0.25) is 5.02 Å². The van der Waals surface area contributed by atoms with Gasteiger partial charge in [-0.2, -0.15) is 0 Å². The van der Waals surface area contributed by atoms with Gasteiger partial charge >= 0.3 is 5.97 Å². The Balaban J connectivity index is 2.69. The Morgan fingerprint density at radius 2 is 1.88 bits per heavy atom. The summed E-state index contributed by atoms with van der Waals surface area (Å²) >= 11 is 5.85. The molecule has 10 heteroatoms. The smallest absolute Gasteiger partial charge is 0.340 e. The summed E-state index contributed by atoms with van der Waals surface area (Å²) in [6.07, 6.45) is 0.987. The minimum atomic E-state index is -3.52. The van der Waals surface area contributed by atoms with E-state index >= 15 is 0 Å². The molecule has 0 aliphatic heterocycles. The number of likely N-dealkylation sites (N-methyl/N-ethyl adjacent to an activating group) is 1. The van der Waals surface area contributed by atoms with Crippen molar-refractivity contribution < 1.29 is 27.5 Å². The normalized spacial score (nSPS) is 10.8. The third-order valence-electron chi connectivity index (χ3n) is 2.86. The molecule has 0 spiro atoms. The molecule has 1 N–H and O–H groups in total. The first kappa shape index (κ1) is 19.9. The molecule has 0 radical (unpaired) electrons. The van der Waals surface area contributed by atoms with E-state index in [1.165, 1.54) is 31.1 Å². The number of benzene rings is 1. The maximum absolute atomic E-state index is 11.9. The number of carbonyl (C=O) groups excluding carboxylic acids is 3. The van der Waals surface area contributed by atoms with E-state index in [1.807, 2.05) is 0 Å². The maximum atomic E-state index is 11.9. The lowest BCUT2D eigenvalue weighted by Gasteiger charge is -2.11. The van der Waals surface area contributed by atoms with Crippen molar-refractivity contribution in [3.05, 3.63) is 28.8 Å². The van der Waals surface area contributed by atoms with Crippen LogP contribution in [0.1, 0.15) is 10.4 Å². The number of halogens is 1. The maximum Gasteiger partial charge on any atom is 0.340 e. The summed E-state index contributed by atoms with van der Waals surface area (Å²) in [5, 5.41) is 2.28. The zero-order valence-corrected chi connectivity index (χ0v) is 14.9. The number of amides is 2. The number of sulfone groups is 1. The van der Waals surface area contributed by atoms with Crippen LogP contribution in [0.4, 0.5) is 0 Å². The highest BCUT2D eigenvalue weighted by molar-refractivity contribution is 7.90. The van der Waals surface area contributed by atoms with Gasteiger partial charge < -0.3 is 15.0 Å². The summed E-state index contributed by atoms with van der Waals surface area (Å²) in [7, 11) is -0.455. The van der Waals surface area contributed by atoms with E-state index in [1.54, 1.807) is 0 Å². The summed E-state index contributed by atoms with van der Waals surface area (Å²) in [6, 6.07) is 3.59. The monoisotopic (exact) mass is 376 g/mol. The topological polar surface area (TPSA) is 110 Å². The SMILES string of the molecule is CN(C)C(=O)CNC(=O)COC(=O)c1cc(S(C)(=O)=O)ccc1Cl. The molecule has 0 aliphatic rings. The van der Waals surface area contributed by atoms with E-state index in [9.17, 15) is 22.8 Å². The van der Waals surface area contributed by atoms with Gasteiger partial charge in [0.1, 0.15) is 0 Å². The molecule has 0 unspecified atom stereocenters. The Hall–Kier alpha value is -2.13. The number of rotatable bonds is 6. The quantitative estimate of drug-likeness (QED) is 0.705. The van der Waals surface area contributed by atoms with Crippen molar-refractivity contribution in [3.63, 3.8) is 0 Å². The molecular formula is C14H17ClN2O6S. The molecule has 8 nitrogen and oxygen atoms in total. The molecule has 0 bridgehead atoms. The number of nitrogens with zero attached hydrogens (tertiary/aromatic N) is 1. The molecule has 132 valence electrons. The minimum absolute atomic E-state index is 0.00408. The standard InChI is InChI=1S/C14H17ClN2O6S/c1-17(2)13(19)7-16-12(18)8-23-14(20)10-6-9(24(3,21)22)4-5-11(10)15/h4-6H,7-8H2,1-3H3,(H,16,18). The zero-order chi connectivity index (χ0) is 18.5. The first-order valence-corrected chi connectivity index (χ1v) is 8.93. The third-order valence-corrected chi connectivity index (χ3v) is 4.30. The van der Waals surface area contributed by atoms with Crippen molar-refractivity contribution in [3.8, 4) is 0 Å². The lowest BCUT2D eigenvalue weighted by molar-refractivity contribution is -0.131. The molecule has 0 atom stereocenters. The summed E-state index contributed by atoms with van der Waals surface area (Å²) in [6.45, 7) is -0.854. The van der Waals surface area contributed by atoms with Gasteiger partial charge in [-0.15, -0.1) is 0 Å². The summed E-state index contributed by atoms with van der Waals surface area (Å²) in [5.74, 6) is -1.94. The van der Waals surface area contributed by atoms with Gasteiger partial charge in [0.15, 0.2) is 16.4 Å². The van der Waals surface area contributed by atoms with E-state index in [0.29, 0.717) is 0 Å². The fourth-order valence-corrected chi connectivity index (χ4v) is 2.33. The van der Waals surface area contributed by atoms with Crippen LogP contribution in [0.15, 0.2) is 23.1 Å². The van der Waals surface area contributed by atoms with Crippen molar-refractivity contribution in [1.29, 1.82) is 0 Å². The van der Waals surface area contributed by atoms with E-state index in [2.05, 4.69) is 5.32 Å². The number of hydrogen-bond acceptors (Lipinski definition) is 6. The fraction of sp³-hybridized carbons (Fsp3) is 0.357. The first-order valence-electron chi connectivity index (χ1n) is 6.66. The Kier molecular flexibility index (Phi) is 6.73. The Bertz CT molecular complexity index is 761. The highest BCUT2D eigenvalue weighted by Gasteiger charge is 2.18. The average Bonchev–Trinajstić information content (AvgIpc) is 2.49. The molecule has 2 amide bonds. The molecule has 1 aromatic carbocycles. The molecular weight excluding hydrogens is 360 g/mol. The van der Waals surface area contributed by atoms with Crippen molar-refractivity contribution in [2.75, 3.05) is 33.5 Å². The highest BCUT2D eigenvalue weighted by atomic mass is 35.5. The van der Waals surface area contributed by atoms with Crippen molar-refractivity contribution >= 4 is 39.2 Å². The van der Waals surface area contributed by atoms with Crippen LogP contribution in [0.3, 0.4) is 0 Å². The number of ether oxygens (including phenoxy) is 1. The largest absolute Gasteiger partial charge is 0.452 e. The van der Waals surface area contributed by atoms with Gasteiger partial charge in [-0.05, 0) is 18.2 Å². The highest BCUT2D eigenvalue weighted by Crippen LogP contribution is 2.21. The van der Waals surface area contributed by atoms with Gasteiger partial charge in [-0.3, -0.25) is 9.59 Å². The van der Waals surface area contributed by atoms with Crippen LogP contribution >= 0.6 is 11.6 Å². The second-order valence-electron chi connectivity index (χ2n) is 5.05. The lowest BCUT2D eigenvalue weighted by atomic mass is 10.2. The van der Waals surface area contributed by atoms with Crippen LogP contribution in [-0.4, -0.2) is 64.6 Å². The second-order valence-corrected chi connectivity index (χ2v) is 7.48. The molecule has 0 saturated heterocycles. The third kappa shape index (κ3) is 5.82. The van der Waals surface area contributed by atoms with Crippen LogP contribution in [-0.2, 0) is 24.2 Å². The van der Waals surface area contributed by atoms with Crippen molar-refractivity contribution in [2.45, 2.75) is 4.90 Å². The minimum Gasteiger partial charge on any atom is -0.452 e. The molecule has 0 aliphatic carbocycles. The molecule has 0 heterocycles. The molecule has 0 aromatic heterocycles. The van der Waals surface area contributed by atoms with E-state index < -0.39 is 28.3 Å². The second kappa shape index (κ2) is 8.11. The number of hydrogen-bond donors (Lipinski definition) is 1. The lowest BCUT2D eigenvalue weighted by Crippen LogP contribution is -2.38. The summed E-state index contributed by atoms with van der Waals surface area (Å²) in [4.78, 5) is 36.0. The number of esters is 1. The summed E-state index contributed by atoms with van der Waals surface area (Å²) < 4.78 is 27.8. The molecule has 0 saturated carbocycles. The van der Waals surface area contributed by atoms with E-state index in [4.69, 9.17) is 16.3 Å². The Morgan fingerprint density at radius 3 is 2.42 bits per heavy atom. The fourth-order valence-electron chi connectivity index (χ4n) is 1.48. The van der Waals surface area contributed by atoms with Gasteiger partial charge in [-0.25, -0.2) is 13.2 Å². The van der Waals surface area contributed by atoms with Gasteiger partial charge in [-0.1, -0.05) is 11.6 Å². The summed E-state index contributed by atoms with van der Waals surface area (Å²) in [5.41, 5.74) is -0.170. The number of carbonyl (C=O) groups is 3. The van der Waals surface area contributed by atoms with Gasteiger partial charge in [0.2, 0.25) is 5.91 Å². The predicted molar refractivity (Wildman–Crippen MR) is 86.5 cm³/mol. The number of nitrogens with one attached hydrogen (secondary N) is 1. The van der Waals surface area contributed by atoms with Crippen molar-refractivity contribution in [1.82, 2.24) is 10.2 Å². The van der Waals surface area contributed by atoms with E-state index in [-0.39, 0.29) is 27.9 Å². The first-order chi connectivity index (χ1) is 11.0. The van der Waals surface area contributed by atoms with E-state index in [0.717, 1.165) is 12.3 Å². The molecule has 0 fully saturated rings. The average molecular weight is 377 g/mol. The predicted octanol–water partition coefficient (Wildman–Crippen LogP) is 0.105. The molecule has 24 heavy (non-hydrogen) atoms. The van der Waals surface area contributed by atoms with Gasteiger partial charge in [0, 0.05) is 20.4 Å². The van der Waals surface area contributed by atoms with Crippen molar-refractivity contribution in [2.24, 2.45) is 0 Å². The van der Waals surface area contributed by atoms with Gasteiger partial charge in [0.05, 0.1) is 22.0 Å². The Morgan fingerprint density at radius 1 is 1.25 bits per heavy atom. The molecule has 1 aromatic rings. The van der Waals surface area contributed by atoms with Crippen LogP contribution in [0, 0.1) is 0 Å². The zero-order valence-electron chi connectivity index (χ0n) is 13.3.